The maximum atomic E-state index is 12.2. The van der Waals surface area contributed by atoms with Crippen LogP contribution in [0.5, 0.6) is 11.6 Å². The molecule has 0 radical (unpaired) electrons. The highest BCUT2D eigenvalue weighted by molar-refractivity contribution is 9.10. The minimum absolute atomic E-state index is 0.114. The van der Waals surface area contributed by atoms with E-state index >= 15 is 0 Å². The number of nitrogens with zero attached hydrogens (tertiary/aromatic N) is 3. The number of ether oxygens (including phenoxy) is 1. The van der Waals surface area contributed by atoms with Gasteiger partial charge in [0.05, 0.1) is 11.1 Å². The summed E-state index contributed by atoms with van der Waals surface area (Å²) in [6, 6.07) is 16.7. The highest BCUT2D eigenvalue weighted by Gasteiger charge is 2.11. The number of fused-ring (bicyclic) bond motifs is 1. The van der Waals surface area contributed by atoms with Crippen molar-refractivity contribution in [2.45, 2.75) is 0 Å². The van der Waals surface area contributed by atoms with Crippen LogP contribution in [0.3, 0.4) is 0 Å². The molecular formula is C21H13BrN4O5. The zero-order chi connectivity index (χ0) is 21.8. The lowest BCUT2D eigenvalue weighted by Crippen LogP contribution is -2.16. The number of benzene rings is 2. The maximum absolute atomic E-state index is 12.2. The number of amides is 1. The van der Waals surface area contributed by atoms with Crippen molar-refractivity contribution < 1.29 is 18.9 Å². The molecule has 31 heavy (non-hydrogen) atoms. The van der Waals surface area contributed by atoms with Crippen LogP contribution in [0, 0.1) is 10.1 Å². The summed E-state index contributed by atoms with van der Waals surface area (Å²) in [6.07, 6.45) is 2.60. The fourth-order valence-electron chi connectivity index (χ4n) is 2.63. The van der Waals surface area contributed by atoms with Crippen LogP contribution in [0.2, 0.25) is 0 Å². The van der Waals surface area contributed by atoms with E-state index in [1.54, 1.807) is 36.4 Å². The average Bonchev–Trinajstić information content (AvgIpc) is 3.18. The third-order valence-corrected chi connectivity index (χ3v) is 4.61. The van der Waals surface area contributed by atoms with Crippen LogP contribution in [0.1, 0.15) is 16.1 Å². The Labute approximate surface area is 183 Å². The monoisotopic (exact) mass is 480 g/mol. The molecule has 2 aromatic heterocycles. The molecule has 1 N–H and O–H groups in total. The lowest BCUT2D eigenvalue weighted by atomic mass is 10.2. The van der Waals surface area contributed by atoms with Gasteiger partial charge in [-0.2, -0.15) is 5.10 Å². The van der Waals surface area contributed by atoms with Gasteiger partial charge in [-0.15, -0.1) is 0 Å². The summed E-state index contributed by atoms with van der Waals surface area (Å²) in [4.78, 5) is 26.2. The number of carbonyl (C=O) groups is 1. The SMILES string of the molecule is O=C(N/N=C\c1ccc(Oc2ccc([N+](=O)[O-])cn2)cc1)c1cc2cc(Br)ccc2o1. The number of rotatable bonds is 6. The van der Waals surface area contributed by atoms with Gasteiger partial charge in [0.2, 0.25) is 5.88 Å². The molecule has 9 nitrogen and oxygen atoms in total. The number of aromatic nitrogens is 1. The number of nitro groups is 1. The Morgan fingerprint density at radius 2 is 1.97 bits per heavy atom. The molecule has 1 amide bonds. The minimum Gasteiger partial charge on any atom is -0.451 e. The van der Waals surface area contributed by atoms with Crippen LogP contribution >= 0.6 is 15.9 Å². The van der Waals surface area contributed by atoms with Crippen molar-refractivity contribution in [2.75, 3.05) is 0 Å². The first-order valence-corrected chi connectivity index (χ1v) is 9.68. The molecule has 4 rings (SSSR count). The summed E-state index contributed by atoms with van der Waals surface area (Å²) < 4.78 is 11.9. The third-order valence-electron chi connectivity index (χ3n) is 4.12. The fourth-order valence-corrected chi connectivity index (χ4v) is 3.01. The molecule has 0 aliphatic heterocycles. The average molecular weight is 481 g/mol. The van der Waals surface area contributed by atoms with Crippen LogP contribution in [-0.4, -0.2) is 22.0 Å². The molecule has 0 spiro atoms. The Morgan fingerprint density at radius 1 is 1.16 bits per heavy atom. The molecule has 154 valence electrons. The lowest BCUT2D eigenvalue weighted by Gasteiger charge is -2.04. The zero-order valence-electron chi connectivity index (χ0n) is 15.7. The number of hydrogen-bond acceptors (Lipinski definition) is 7. The Balaban J connectivity index is 1.35. The normalized spacial score (nSPS) is 11.0. The van der Waals surface area contributed by atoms with E-state index in [0.29, 0.717) is 11.3 Å². The first-order valence-electron chi connectivity index (χ1n) is 8.89. The quantitative estimate of drug-likeness (QED) is 0.234. The number of hydrogen-bond donors (Lipinski definition) is 1. The smallest absolute Gasteiger partial charge is 0.307 e. The van der Waals surface area contributed by atoms with E-state index in [0.717, 1.165) is 21.6 Å². The molecule has 0 aliphatic rings. The topological polar surface area (TPSA) is 120 Å². The molecule has 0 aliphatic carbocycles. The number of carbonyl (C=O) groups excluding carboxylic acids is 1. The Hall–Kier alpha value is -4.05. The molecule has 2 heterocycles. The first-order chi connectivity index (χ1) is 15.0. The molecule has 4 aromatic rings. The molecule has 0 saturated heterocycles. The van der Waals surface area contributed by atoms with E-state index in [-0.39, 0.29) is 17.3 Å². The van der Waals surface area contributed by atoms with Gasteiger partial charge in [-0.05, 0) is 54.1 Å². The van der Waals surface area contributed by atoms with E-state index < -0.39 is 10.8 Å². The molecule has 0 bridgehead atoms. The number of hydrazone groups is 1. The standard InChI is InChI=1S/C21H13BrN4O5/c22-15-3-7-18-14(9-15)10-19(31-18)21(27)25-24-11-13-1-5-17(6-2-13)30-20-8-4-16(12-23-20)26(28)29/h1-12H,(H,25,27)/b24-11-. The highest BCUT2D eigenvalue weighted by Crippen LogP contribution is 2.23. The predicted molar refractivity (Wildman–Crippen MR) is 116 cm³/mol. The zero-order valence-corrected chi connectivity index (χ0v) is 17.3. The highest BCUT2D eigenvalue weighted by atomic mass is 79.9. The van der Waals surface area contributed by atoms with Crippen molar-refractivity contribution in [1.29, 1.82) is 0 Å². The van der Waals surface area contributed by atoms with Gasteiger partial charge in [0.15, 0.2) is 5.76 Å². The van der Waals surface area contributed by atoms with Crippen molar-refractivity contribution in [3.63, 3.8) is 0 Å². The summed E-state index contributed by atoms with van der Waals surface area (Å²) >= 11 is 3.38. The summed E-state index contributed by atoms with van der Waals surface area (Å²) in [5.74, 6) is 0.422. The molecule has 0 fully saturated rings. The Kier molecular flexibility index (Phi) is 5.72. The number of furan rings is 1. The van der Waals surface area contributed by atoms with Gasteiger partial charge in [-0.3, -0.25) is 14.9 Å². The van der Waals surface area contributed by atoms with E-state index in [2.05, 4.69) is 31.4 Å². The third kappa shape index (κ3) is 4.93. The van der Waals surface area contributed by atoms with Crippen LogP contribution in [0.15, 0.2) is 80.9 Å². The van der Waals surface area contributed by atoms with Gasteiger partial charge in [-0.25, -0.2) is 10.4 Å². The van der Waals surface area contributed by atoms with Crippen molar-refractivity contribution in [3.05, 3.63) is 92.8 Å². The summed E-state index contributed by atoms with van der Waals surface area (Å²) in [7, 11) is 0. The molecule has 0 atom stereocenters. The molecule has 2 aromatic carbocycles. The number of halogens is 1. The fraction of sp³-hybridized carbons (Fsp3) is 0. The van der Waals surface area contributed by atoms with Gasteiger partial charge in [0, 0.05) is 22.0 Å². The van der Waals surface area contributed by atoms with Gasteiger partial charge >= 0.3 is 5.91 Å². The maximum Gasteiger partial charge on any atom is 0.307 e. The van der Waals surface area contributed by atoms with E-state index in [1.807, 2.05) is 12.1 Å². The van der Waals surface area contributed by atoms with Crippen molar-refractivity contribution in [1.82, 2.24) is 10.4 Å². The molecule has 0 saturated carbocycles. The van der Waals surface area contributed by atoms with Gasteiger partial charge in [-0.1, -0.05) is 15.9 Å². The number of pyridine rings is 1. The van der Waals surface area contributed by atoms with Crippen molar-refractivity contribution in [2.24, 2.45) is 5.10 Å². The van der Waals surface area contributed by atoms with Crippen LogP contribution < -0.4 is 10.2 Å². The minimum atomic E-state index is -0.531. The molecule has 10 heteroatoms. The second kappa shape index (κ2) is 8.76. The van der Waals surface area contributed by atoms with E-state index in [9.17, 15) is 14.9 Å². The van der Waals surface area contributed by atoms with E-state index in [1.165, 1.54) is 18.3 Å². The van der Waals surface area contributed by atoms with Crippen molar-refractivity contribution >= 4 is 44.7 Å². The molecular weight excluding hydrogens is 468 g/mol. The number of nitrogens with one attached hydrogen (secondary N) is 1. The second-order valence-electron chi connectivity index (χ2n) is 6.27. The lowest BCUT2D eigenvalue weighted by molar-refractivity contribution is -0.385. The summed E-state index contributed by atoms with van der Waals surface area (Å²) in [6.45, 7) is 0. The van der Waals surface area contributed by atoms with Crippen LogP contribution in [0.4, 0.5) is 5.69 Å². The first kappa shape index (κ1) is 20.2. The largest absolute Gasteiger partial charge is 0.451 e. The predicted octanol–water partition coefficient (Wildman–Crippen LogP) is 5.05. The molecule has 0 unspecified atom stereocenters. The van der Waals surface area contributed by atoms with Crippen LogP contribution in [-0.2, 0) is 0 Å². The Bertz CT molecular complexity index is 1280. The summed E-state index contributed by atoms with van der Waals surface area (Å²) in [5, 5.41) is 15.4. The van der Waals surface area contributed by atoms with Crippen molar-refractivity contribution in [3.8, 4) is 11.6 Å². The summed E-state index contributed by atoms with van der Waals surface area (Å²) in [5.41, 5.74) is 3.63. The van der Waals surface area contributed by atoms with Crippen LogP contribution in [0.25, 0.3) is 11.0 Å². The van der Waals surface area contributed by atoms with Gasteiger partial charge < -0.3 is 9.15 Å². The Morgan fingerprint density at radius 3 is 2.68 bits per heavy atom. The second-order valence-corrected chi connectivity index (χ2v) is 7.19. The van der Waals surface area contributed by atoms with Gasteiger partial charge in [0.25, 0.3) is 5.69 Å². The van der Waals surface area contributed by atoms with E-state index in [4.69, 9.17) is 9.15 Å². The van der Waals surface area contributed by atoms with Gasteiger partial charge in [0.1, 0.15) is 17.5 Å².